The van der Waals surface area contributed by atoms with Gasteiger partial charge in [0, 0.05) is 11.6 Å². The van der Waals surface area contributed by atoms with Gasteiger partial charge in [-0.2, -0.15) is 13.2 Å². The minimum absolute atomic E-state index is 0.0252. The molecule has 0 aliphatic heterocycles. The number of methoxy groups -OCH3 is 1. The Labute approximate surface area is 144 Å². The second-order valence-corrected chi connectivity index (χ2v) is 6.21. The third kappa shape index (κ3) is 3.79. The molecule has 2 nitrogen and oxygen atoms in total. The lowest BCUT2D eigenvalue weighted by atomic mass is 9.90. The van der Waals surface area contributed by atoms with Gasteiger partial charge in [0.15, 0.2) is 0 Å². The Hall–Kier alpha value is -2.08. The average Bonchev–Trinajstić information content (AvgIpc) is 2.52. The van der Waals surface area contributed by atoms with Gasteiger partial charge in [-0.25, -0.2) is 4.39 Å². The van der Waals surface area contributed by atoms with Crippen LogP contribution in [0.5, 0.6) is 5.75 Å². The Morgan fingerprint density at radius 3 is 2.20 bits per heavy atom. The highest BCUT2D eigenvalue weighted by atomic mass is 19.4. The number of aliphatic hydroxyl groups is 1. The van der Waals surface area contributed by atoms with Crippen LogP contribution in [0.25, 0.3) is 11.1 Å². The Morgan fingerprint density at radius 1 is 1.08 bits per heavy atom. The first-order chi connectivity index (χ1) is 11.6. The second kappa shape index (κ2) is 7.04. The van der Waals surface area contributed by atoms with Gasteiger partial charge >= 0.3 is 6.18 Å². The van der Waals surface area contributed by atoms with Gasteiger partial charge in [0.1, 0.15) is 11.6 Å². The number of hydrogen-bond acceptors (Lipinski definition) is 2. The topological polar surface area (TPSA) is 29.5 Å². The SMILES string of the molecule is COc1cc(F)c(C(C)C)cc1-c1cc(C)c(C(F)(F)F)cc1CO. The van der Waals surface area contributed by atoms with Crippen LogP contribution in [0.15, 0.2) is 24.3 Å². The molecule has 136 valence electrons. The molecule has 0 spiro atoms. The van der Waals surface area contributed by atoms with Crippen LogP contribution in [0.3, 0.4) is 0 Å². The molecule has 0 saturated heterocycles. The molecule has 0 saturated carbocycles. The minimum Gasteiger partial charge on any atom is -0.496 e. The lowest BCUT2D eigenvalue weighted by molar-refractivity contribution is -0.138. The summed E-state index contributed by atoms with van der Waals surface area (Å²) in [5.74, 6) is -0.349. The van der Waals surface area contributed by atoms with E-state index in [9.17, 15) is 22.7 Å². The minimum atomic E-state index is -4.51. The number of ether oxygens (including phenoxy) is 1. The monoisotopic (exact) mass is 356 g/mol. The quantitative estimate of drug-likeness (QED) is 0.739. The zero-order chi connectivity index (χ0) is 18.9. The van der Waals surface area contributed by atoms with Gasteiger partial charge in [0.2, 0.25) is 0 Å². The van der Waals surface area contributed by atoms with Crippen LogP contribution in [0.2, 0.25) is 0 Å². The number of hydrogen-bond donors (Lipinski definition) is 1. The molecule has 2 aromatic rings. The summed E-state index contributed by atoms with van der Waals surface area (Å²) >= 11 is 0. The number of aryl methyl sites for hydroxylation is 1. The number of aliphatic hydroxyl groups excluding tert-OH is 1. The lowest BCUT2D eigenvalue weighted by Gasteiger charge is -2.19. The molecule has 2 aromatic carbocycles. The molecule has 6 heteroatoms. The van der Waals surface area contributed by atoms with E-state index in [1.807, 2.05) is 13.8 Å². The molecule has 0 aliphatic carbocycles. The van der Waals surface area contributed by atoms with E-state index in [0.29, 0.717) is 16.7 Å². The molecule has 0 radical (unpaired) electrons. The summed E-state index contributed by atoms with van der Waals surface area (Å²) in [4.78, 5) is 0. The second-order valence-electron chi connectivity index (χ2n) is 6.21. The van der Waals surface area contributed by atoms with Crippen LogP contribution >= 0.6 is 0 Å². The van der Waals surface area contributed by atoms with Crippen molar-refractivity contribution in [3.05, 3.63) is 52.3 Å². The molecule has 2 rings (SSSR count). The molecular weight excluding hydrogens is 336 g/mol. The predicted molar refractivity (Wildman–Crippen MR) is 88.1 cm³/mol. The summed E-state index contributed by atoms with van der Waals surface area (Å²) in [5, 5.41) is 9.58. The Balaban J connectivity index is 2.77. The fraction of sp³-hybridized carbons (Fsp3) is 0.368. The molecule has 0 atom stereocenters. The van der Waals surface area contributed by atoms with Crippen LogP contribution in [-0.4, -0.2) is 12.2 Å². The number of alkyl halides is 3. The smallest absolute Gasteiger partial charge is 0.416 e. The molecule has 0 unspecified atom stereocenters. The summed E-state index contributed by atoms with van der Waals surface area (Å²) in [6, 6.07) is 5.08. The molecule has 0 bridgehead atoms. The first-order valence-electron chi connectivity index (χ1n) is 7.79. The highest BCUT2D eigenvalue weighted by Gasteiger charge is 2.33. The van der Waals surface area contributed by atoms with Gasteiger partial charge in [0.25, 0.3) is 0 Å². The predicted octanol–water partition coefficient (Wildman–Crippen LogP) is 5.44. The highest BCUT2D eigenvalue weighted by Crippen LogP contribution is 2.40. The van der Waals surface area contributed by atoms with Crippen molar-refractivity contribution in [3.8, 4) is 16.9 Å². The van der Waals surface area contributed by atoms with E-state index in [1.165, 1.54) is 26.2 Å². The summed E-state index contributed by atoms with van der Waals surface area (Å²) in [6.45, 7) is 4.42. The Kier molecular flexibility index (Phi) is 5.42. The normalized spacial score (nSPS) is 11.9. The third-order valence-corrected chi connectivity index (χ3v) is 4.16. The summed E-state index contributed by atoms with van der Waals surface area (Å²) < 4.78 is 58.7. The van der Waals surface area contributed by atoms with E-state index in [-0.39, 0.29) is 22.8 Å². The molecule has 1 N–H and O–H groups in total. The number of halogens is 4. The maximum absolute atomic E-state index is 14.2. The van der Waals surface area contributed by atoms with Crippen LogP contribution in [0.1, 0.15) is 42.0 Å². The highest BCUT2D eigenvalue weighted by molar-refractivity contribution is 5.75. The summed E-state index contributed by atoms with van der Waals surface area (Å²) in [5.41, 5.74) is 0.609. The van der Waals surface area contributed by atoms with Crippen molar-refractivity contribution in [2.75, 3.05) is 7.11 Å². The van der Waals surface area contributed by atoms with E-state index in [4.69, 9.17) is 4.74 Å². The van der Waals surface area contributed by atoms with Gasteiger partial charge < -0.3 is 9.84 Å². The fourth-order valence-electron chi connectivity index (χ4n) is 2.83. The van der Waals surface area contributed by atoms with Crippen molar-refractivity contribution < 1.29 is 27.4 Å². The molecule has 0 fully saturated rings. The third-order valence-electron chi connectivity index (χ3n) is 4.16. The van der Waals surface area contributed by atoms with E-state index >= 15 is 0 Å². The Morgan fingerprint density at radius 2 is 1.72 bits per heavy atom. The number of rotatable bonds is 4. The zero-order valence-corrected chi connectivity index (χ0v) is 14.5. The van der Waals surface area contributed by atoms with Gasteiger partial charge in [-0.15, -0.1) is 0 Å². The molecule has 0 aliphatic rings. The fourth-order valence-corrected chi connectivity index (χ4v) is 2.83. The Bertz CT molecular complexity index is 780. The van der Waals surface area contributed by atoms with E-state index in [0.717, 1.165) is 6.07 Å². The van der Waals surface area contributed by atoms with Crippen molar-refractivity contribution in [1.82, 2.24) is 0 Å². The van der Waals surface area contributed by atoms with E-state index < -0.39 is 24.2 Å². The number of benzene rings is 2. The molecule has 0 aromatic heterocycles. The average molecular weight is 356 g/mol. The molecule has 25 heavy (non-hydrogen) atoms. The first kappa shape index (κ1) is 19.2. The zero-order valence-electron chi connectivity index (χ0n) is 14.5. The van der Waals surface area contributed by atoms with E-state index in [1.54, 1.807) is 6.07 Å². The molecule has 0 heterocycles. The van der Waals surface area contributed by atoms with Gasteiger partial charge in [0.05, 0.1) is 19.3 Å². The van der Waals surface area contributed by atoms with Crippen LogP contribution in [-0.2, 0) is 12.8 Å². The standard InChI is InChI=1S/C19H20F4O2/c1-10(2)13-7-15(18(25-4)8-17(13)20)14-5-11(3)16(19(21,22)23)6-12(14)9-24/h5-8,10,24H,9H2,1-4H3. The van der Waals surface area contributed by atoms with E-state index in [2.05, 4.69) is 0 Å². The van der Waals surface area contributed by atoms with Crippen LogP contribution in [0.4, 0.5) is 17.6 Å². The lowest BCUT2D eigenvalue weighted by Crippen LogP contribution is -2.09. The van der Waals surface area contributed by atoms with Crippen LogP contribution < -0.4 is 4.74 Å². The maximum atomic E-state index is 14.2. The van der Waals surface area contributed by atoms with Gasteiger partial charge in [-0.05, 0) is 47.2 Å². The van der Waals surface area contributed by atoms with Crippen molar-refractivity contribution >= 4 is 0 Å². The summed E-state index contributed by atoms with van der Waals surface area (Å²) in [7, 11) is 1.36. The largest absolute Gasteiger partial charge is 0.496 e. The van der Waals surface area contributed by atoms with Crippen molar-refractivity contribution in [1.29, 1.82) is 0 Å². The molecule has 0 amide bonds. The first-order valence-corrected chi connectivity index (χ1v) is 7.79. The van der Waals surface area contributed by atoms with Gasteiger partial charge in [-0.3, -0.25) is 0 Å². The van der Waals surface area contributed by atoms with Crippen LogP contribution in [0, 0.1) is 12.7 Å². The van der Waals surface area contributed by atoms with Crippen molar-refractivity contribution in [3.63, 3.8) is 0 Å². The maximum Gasteiger partial charge on any atom is 0.416 e. The van der Waals surface area contributed by atoms with Crippen molar-refractivity contribution in [2.24, 2.45) is 0 Å². The molecular formula is C19H20F4O2. The summed E-state index contributed by atoms with van der Waals surface area (Å²) in [6.07, 6.45) is -4.51. The van der Waals surface area contributed by atoms with Crippen molar-refractivity contribution in [2.45, 2.75) is 39.5 Å². The van der Waals surface area contributed by atoms with Gasteiger partial charge in [-0.1, -0.05) is 19.9 Å².